The summed E-state index contributed by atoms with van der Waals surface area (Å²) in [4.78, 5) is 13.6. The van der Waals surface area contributed by atoms with E-state index in [1.54, 1.807) is 6.07 Å². The van der Waals surface area contributed by atoms with E-state index in [1.165, 1.54) is 31.2 Å². The van der Waals surface area contributed by atoms with Gasteiger partial charge in [0.25, 0.3) is 0 Å². The summed E-state index contributed by atoms with van der Waals surface area (Å²) in [6.45, 7) is 3.12. The van der Waals surface area contributed by atoms with E-state index >= 15 is 0 Å². The van der Waals surface area contributed by atoms with Crippen molar-refractivity contribution in [3.63, 3.8) is 0 Å². The van der Waals surface area contributed by atoms with Gasteiger partial charge in [-0.25, -0.2) is 4.79 Å². The lowest BCUT2D eigenvalue weighted by Gasteiger charge is -2.32. The average Bonchev–Trinajstić information content (AvgIpc) is 3.43. The van der Waals surface area contributed by atoms with Gasteiger partial charge in [0, 0.05) is 6.54 Å². The van der Waals surface area contributed by atoms with Crippen molar-refractivity contribution in [2.75, 3.05) is 13.1 Å². The number of piperidine rings is 1. The summed E-state index contributed by atoms with van der Waals surface area (Å²) in [5, 5.41) is 9.13. The second-order valence-corrected chi connectivity index (χ2v) is 7.97. The molecule has 1 N–H and O–H groups in total. The molecule has 0 radical (unpaired) electrons. The van der Waals surface area contributed by atoms with Crippen LogP contribution in [0.3, 0.4) is 0 Å². The van der Waals surface area contributed by atoms with Gasteiger partial charge < -0.3 is 5.11 Å². The maximum Gasteiger partial charge on any atom is 0.335 e. The first-order chi connectivity index (χ1) is 12.7. The molecule has 0 amide bonds. The molecule has 2 atom stereocenters. The fourth-order valence-electron chi connectivity index (χ4n) is 4.49. The van der Waals surface area contributed by atoms with Gasteiger partial charge in [0.1, 0.15) is 0 Å². The first-order valence-electron chi connectivity index (χ1n) is 9.78. The molecule has 0 bridgehead atoms. The summed E-state index contributed by atoms with van der Waals surface area (Å²) in [5.41, 5.74) is 3.01. The van der Waals surface area contributed by atoms with E-state index in [4.69, 9.17) is 5.11 Å². The van der Waals surface area contributed by atoms with E-state index in [0.29, 0.717) is 5.56 Å². The topological polar surface area (TPSA) is 40.5 Å². The number of hydrogen-bond acceptors (Lipinski definition) is 2. The molecule has 2 aliphatic rings. The summed E-state index contributed by atoms with van der Waals surface area (Å²) in [6.07, 6.45) is 5.29. The number of rotatable bonds is 6. The molecule has 3 heteroatoms. The van der Waals surface area contributed by atoms with Crippen LogP contribution in [-0.2, 0) is 6.54 Å². The summed E-state index contributed by atoms with van der Waals surface area (Å²) < 4.78 is 0. The molecular formula is C23H27NO2. The highest BCUT2D eigenvalue weighted by Crippen LogP contribution is 2.51. The van der Waals surface area contributed by atoms with Crippen LogP contribution in [0.25, 0.3) is 0 Å². The molecule has 26 heavy (non-hydrogen) atoms. The highest BCUT2D eigenvalue weighted by atomic mass is 16.4. The largest absolute Gasteiger partial charge is 0.478 e. The molecule has 2 aromatic carbocycles. The van der Waals surface area contributed by atoms with Gasteiger partial charge in [-0.2, -0.15) is 0 Å². The zero-order chi connectivity index (χ0) is 17.9. The van der Waals surface area contributed by atoms with Crippen molar-refractivity contribution in [2.24, 2.45) is 11.8 Å². The number of aromatic carboxylic acids is 1. The second kappa shape index (κ2) is 7.63. The van der Waals surface area contributed by atoms with E-state index in [0.717, 1.165) is 43.0 Å². The molecule has 1 saturated carbocycles. The van der Waals surface area contributed by atoms with Crippen molar-refractivity contribution in [2.45, 2.75) is 38.1 Å². The minimum Gasteiger partial charge on any atom is -0.478 e. The molecule has 0 spiro atoms. The van der Waals surface area contributed by atoms with Crippen molar-refractivity contribution in [1.29, 1.82) is 0 Å². The van der Waals surface area contributed by atoms with Crippen molar-refractivity contribution >= 4 is 5.97 Å². The smallest absolute Gasteiger partial charge is 0.335 e. The molecule has 1 aliphatic carbocycles. The average molecular weight is 349 g/mol. The van der Waals surface area contributed by atoms with E-state index in [1.807, 2.05) is 18.2 Å². The van der Waals surface area contributed by atoms with Gasteiger partial charge in [-0.05, 0) is 79.8 Å². The quantitative estimate of drug-likeness (QED) is 0.815. The number of carboxylic acids is 1. The standard InChI is InChI=1S/C23H27NO2/c25-23(26)20-8-4-5-18(14-20)16-24-11-9-17(10-12-24)13-21-15-22(21)19-6-2-1-3-7-19/h1-8,14,17,21-22H,9-13,15-16H2,(H,25,26). The maximum atomic E-state index is 11.1. The lowest BCUT2D eigenvalue weighted by atomic mass is 9.90. The Bertz CT molecular complexity index is 750. The van der Waals surface area contributed by atoms with Crippen LogP contribution < -0.4 is 0 Å². The number of nitrogens with zero attached hydrogens (tertiary/aromatic N) is 1. The zero-order valence-corrected chi connectivity index (χ0v) is 15.2. The Morgan fingerprint density at radius 2 is 1.81 bits per heavy atom. The Morgan fingerprint density at radius 3 is 2.54 bits per heavy atom. The lowest BCUT2D eigenvalue weighted by molar-refractivity contribution is 0.0696. The molecule has 2 fully saturated rings. The second-order valence-electron chi connectivity index (χ2n) is 7.97. The zero-order valence-electron chi connectivity index (χ0n) is 15.2. The first kappa shape index (κ1) is 17.3. The van der Waals surface area contributed by atoms with E-state index in [9.17, 15) is 4.79 Å². The third-order valence-corrected chi connectivity index (χ3v) is 6.07. The Balaban J connectivity index is 1.24. The van der Waals surface area contributed by atoms with Crippen molar-refractivity contribution in [1.82, 2.24) is 4.90 Å². The Morgan fingerprint density at radius 1 is 1.04 bits per heavy atom. The van der Waals surface area contributed by atoms with E-state index in [2.05, 4.69) is 35.2 Å². The summed E-state index contributed by atoms with van der Waals surface area (Å²) in [5.74, 6) is 1.70. The van der Waals surface area contributed by atoms with Crippen LogP contribution in [0, 0.1) is 11.8 Å². The first-order valence-corrected chi connectivity index (χ1v) is 9.78. The van der Waals surface area contributed by atoms with Gasteiger partial charge in [-0.1, -0.05) is 42.5 Å². The molecule has 3 nitrogen and oxygen atoms in total. The predicted octanol–water partition coefficient (Wildman–Crippen LogP) is 4.79. The van der Waals surface area contributed by atoms with Gasteiger partial charge in [-0.3, -0.25) is 4.90 Å². The van der Waals surface area contributed by atoms with Crippen LogP contribution in [0.15, 0.2) is 54.6 Å². The molecule has 4 rings (SSSR count). The van der Waals surface area contributed by atoms with Crippen molar-refractivity contribution in [3.8, 4) is 0 Å². The van der Waals surface area contributed by atoms with E-state index in [-0.39, 0.29) is 0 Å². The van der Waals surface area contributed by atoms with Crippen LogP contribution in [-0.4, -0.2) is 29.1 Å². The van der Waals surface area contributed by atoms with Gasteiger partial charge in [0.2, 0.25) is 0 Å². The monoisotopic (exact) mass is 349 g/mol. The number of hydrogen-bond donors (Lipinski definition) is 1. The molecule has 1 aliphatic heterocycles. The Hall–Kier alpha value is -2.13. The van der Waals surface area contributed by atoms with Crippen molar-refractivity contribution < 1.29 is 9.90 Å². The maximum absolute atomic E-state index is 11.1. The van der Waals surface area contributed by atoms with Gasteiger partial charge in [0.15, 0.2) is 0 Å². The molecule has 2 unspecified atom stereocenters. The minimum absolute atomic E-state index is 0.387. The van der Waals surface area contributed by atoms with Crippen LogP contribution in [0.1, 0.15) is 53.1 Å². The predicted molar refractivity (Wildman–Crippen MR) is 103 cm³/mol. The number of likely N-dealkylation sites (tertiary alicyclic amines) is 1. The lowest BCUT2D eigenvalue weighted by Crippen LogP contribution is -2.33. The highest BCUT2D eigenvalue weighted by Gasteiger charge is 2.39. The summed E-state index contributed by atoms with van der Waals surface area (Å²) in [6, 6.07) is 18.3. The number of carbonyl (C=O) groups is 1. The fraction of sp³-hybridized carbons (Fsp3) is 0.435. The minimum atomic E-state index is -0.844. The van der Waals surface area contributed by atoms with Crippen LogP contribution >= 0.6 is 0 Å². The normalized spacial score (nSPS) is 23.7. The van der Waals surface area contributed by atoms with Crippen molar-refractivity contribution in [3.05, 3.63) is 71.3 Å². The number of carboxylic acid groups (broad SMARTS) is 1. The molecule has 2 aromatic rings. The third kappa shape index (κ3) is 4.16. The van der Waals surface area contributed by atoms with E-state index < -0.39 is 5.97 Å². The summed E-state index contributed by atoms with van der Waals surface area (Å²) in [7, 11) is 0. The van der Waals surface area contributed by atoms with Gasteiger partial charge in [0.05, 0.1) is 5.56 Å². The SMILES string of the molecule is O=C(O)c1cccc(CN2CCC(CC3CC3c3ccccc3)CC2)c1. The molecule has 1 heterocycles. The van der Waals surface area contributed by atoms with Gasteiger partial charge >= 0.3 is 5.97 Å². The Labute approximate surface area is 155 Å². The summed E-state index contributed by atoms with van der Waals surface area (Å²) >= 11 is 0. The molecule has 0 aromatic heterocycles. The molecule has 136 valence electrons. The van der Waals surface area contributed by atoms with Gasteiger partial charge in [-0.15, -0.1) is 0 Å². The molecular weight excluding hydrogens is 322 g/mol. The third-order valence-electron chi connectivity index (χ3n) is 6.07. The fourth-order valence-corrected chi connectivity index (χ4v) is 4.49. The Kier molecular flexibility index (Phi) is 5.07. The molecule has 1 saturated heterocycles. The van der Waals surface area contributed by atoms with Crippen LogP contribution in [0.2, 0.25) is 0 Å². The number of benzene rings is 2. The van der Waals surface area contributed by atoms with Crippen LogP contribution in [0.5, 0.6) is 0 Å². The highest BCUT2D eigenvalue weighted by molar-refractivity contribution is 5.87. The van der Waals surface area contributed by atoms with Crippen LogP contribution in [0.4, 0.5) is 0 Å².